The zero-order chi connectivity index (χ0) is 15.2. The van der Waals surface area contributed by atoms with Gasteiger partial charge in [-0.1, -0.05) is 0 Å². The first-order valence-corrected chi connectivity index (χ1v) is 8.89. The minimum absolute atomic E-state index is 0.0116. The minimum atomic E-state index is -1.06. The largest absolute Gasteiger partial charge is 0.476 e. The van der Waals surface area contributed by atoms with E-state index < -0.39 is 5.97 Å². The van der Waals surface area contributed by atoms with E-state index in [1.807, 2.05) is 12.3 Å². The molecular formula is C12H13N3O3S3. The van der Waals surface area contributed by atoms with Gasteiger partial charge in [0.05, 0.1) is 23.0 Å². The van der Waals surface area contributed by atoms with Crippen molar-refractivity contribution in [2.75, 3.05) is 5.75 Å². The van der Waals surface area contributed by atoms with Gasteiger partial charge in [-0.25, -0.2) is 14.8 Å². The molecule has 0 radical (unpaired) electrons. The lowest BCUT2D eigenvalue weighted by atomic mass is 10.5. The number of carbonyl (C=O) groups is 2. The monoisotopic (exact) mass is 343 g/mol. The van der Waals surface area contributed by atoms with Gasteiger partial charge in [0, 0.05) is 16.5 Å². The molecule has 1 amide bonds. The van der Waals surface area contributed by atoms with Crippen LogP contribution in [0.25, 0.3) is 0 Å². The van der Waals surface area contributed by atoms with E-state index in [1.54, 1.807) is 11.3 Å². The number of rotatable bonds is 7. The third kappa shape index (κ3) is 5.10. The summed E-state index contributed by atoms with van der Waals surface area (Å²) >= 11 is 4.31. The van der Waals surface area contributed by atoms with Gasteiger partial charge in [0.2, 0.25) is 5.91 Å². The number of hydrogen-bond acceptors (Lipinski definition) is 7. The van der Waals surface area contributed by atoms with Crippen LogP contribution in [0.3, 0.4) is 0 Å². The van der Waals surface area contributed by atoms with Crippen LogP contribution >= 0.6 is 34.4 Å². The van der Waals surface area contributed by atoms with Gasteiger partial charge < -0.3 is 10.4 Å². The summed E-state index contributed by atoms with van der Waals surface area (Å²) < 4.78 is 0. The van der Waals surface area contributed by atoms with Gasteiger partial charge in [0.25, 0.3) is 0 Å². The van der Waals surface area contributed by atoms with Crippen molar-refractivity contribution in [3.63, 3.8) is 0 Å². The topological polar surface area (TPSA) is 92.2 Å². The van der Waals surface area contributed by atoms with Crippen LogP contribution in [-0.2, 0) is 17.1 Å². The number of aryl methyl sites for hydroxylation is 1. The Morgan fingerprint density at radius 1 is 1.33 bits per heavy atom. The highest BCUT2D eigenvalue weighted by Gasteiger charge is 2.09. The summed E-state index contributed by atoms with van der Waals surface area (Å²) in [5.74, 6) is -0.108. The number of aromatic carboxylic acids is 1. The molecule has 9 heteroatoms. The van der Waals surface area contributed by atoms with E-state index in [2.05, 4.69) is 15.3 Å². The van der Waals surface area contributed by atoms with Gasteiger partial charge in [-0.05, 0) is 6.92 Å². The van der Waals surface area contributed by atoms with E-state index in [1.165, 1.54) is 28.5 Å². The van der Waals surface area contributed by atoms with Gasteiger partial charge in [0.15, 0.2) is 5.69 Å². The standard InChI is InChI=1S/C12H13N3O3S3/c1-7-14-8(4-20-7)3-19-6-10(16)13-2-11-15-9(5-21-11)12(17)18/h4-5H,2-3,6H2,1H3,(H,13,16)(H,17,18). The average molecular weight is 343 g/mol. The minimum Gasteiger partial charge on any atom is -0.476 e. The van der Waals surface area contributed by atoms with E-state index >= 15 is 0 Å². The molecule has 0 fully saturated rings. The molecule has 0 aromatic carbocycles. The Morgan fingerprint density at radius 2 is 2.14 bits per heavy atom. The molecule has 0 spiro atoms. The SMILES string of the molecule is Cc1nc(CSCC(=O)NCc2nc(C(=O)O)cs2)cs1. The summed E-state index contributed by atoms with van der Waals surface area (Å²) in [6, 6.07) is 0. The molecule has 2 aromatic rings. The predicted molar refractivity (Wildman–Crippen MR) is 83.9 cm³/mol. The van der Waals surface area contributed by atoms with E-state index in [0.29, 0.717) is 16.5 Å². The Morgan fingerprint density at radius 3 is 2.76 bits per heavy atom. The van der Waals surface area contributed by atoms with Gasteiger partial charge in [-0.3, -0.25) is 4.79 Å². The van der Waals surface area contributed by atoms with Crippen molar-refractivity contribution in [1.29, 1.82) is 0 Å². The third-order valence-corrected chi connectivity index (χ3v) is 4.99. The highest BCUT2D eigenvalue weighted by atomic mass is 32.2. The first-order valence-electron chi connectivity index (χ1n) is 5.97. The molecule has 0 saturated carbocycles. The van der Waals surface area contributed by atoms with Crippen LogP contribution in [0, 0.1) is 6.92 Å². The fourth-order valence-corrected chi connectivity index (χ4v) is 3.61. The Hall–Kier alpha value is -1.45. The van der Waals surface area contributed by atoms with E-state index in [0.717, 1.165) is 10.7 Å². The fourth-order valence-electron chi connectivity index (χ4n) is 1.44. The normalized spacial score (nSPS) is 10.5. The third-order valence-electron chi connectivity index (χ3n) is 2.36. The summed E-state index contributed by atoms with van der Waals surface area (Å²) in [4.78, 5) is 30.6. The number of carbonyl (C=O) groups excluding carboxylic acids is 1. The molecule has 6 nitrogen and oxygen atoms in total. The Labute approximate surface area is 133 Å². The number of aromatic nitrogens is 2. The van der Waals surface area contributed by atoms with Gasteiger partial charge >= 0.3 is 5.97 Å². The van der Waals surface area contributed by atoms with Crippen LogP contribution in [0.15, 0.2) is 10.8 Å². The summed E-state index contributed by atoms with van der Waals surface area (Å²) in [6.45, 7) is 2.21. The second kappa shape index (κ2) is 7.53. The molecule has 0 unspecified atom stereocenters. The van der Waals surface area contributed by atoms with E-state index in [-0.39, 0.29) is 18.1 Å². The number of carboxylic acids is 1. The zero-order valence-electron chi connectivity index (χ0n) is 11.2. The fraction of sp³-hybridized carbons (Fsp3) is 0.333. The van der Waals surface area contributed by atoms with Gasteiger partial charge in [0.1, 0.15) is 5.01 Å². The first kappa shape index (κ1) is 15.9. The highest BCUT2D eigenvalue weighted by molar-refractivity contribution is 7.99. The van der Waals surface area contributed by atoms with Crippen LogP contribution in [0.5, 0.6) is 0 Å². The van der Waals surface area contributed by atoms with Crippen LogP contribution in [-0.4, -0.2) is 32.7 Å². The Kier molecular flexibility index (Phi) is 5.71. The van der Waals surface area contributed by atoms with Crippen molar-refractivity contribution in [1.82, 2.24) is 15.3 Å². The van der Waals surface area contributed by atoms with Crippen molar-refractivity contribution < 1.29 is 14.7 Å². The quantitative estimate of drug-likeness (QED) is 0.800. The lowest BCUT2D eigenvalue weighted by molar-refractivity contribution is -0.118. The van der Waals surface area contributed by atoms with Crippen molar-refractivity contribution in [2.24, 2.45) is 0 Å². The van der Waals surface area contributed by atoms with Crippen LogP contribution in [0.4, 0.5) is 0 Å². The first-order chi connectivity index (χ1) is 10.0. The maximum atomic E-state index is 11.7. The molecular weight excluding hydrogens is 330 g/mol. The smallest absolute Gasteiger partial charge is 0.355 e. The summed E-state index contributed by atoms with van der Waals surface area (Å²) in [7, 11) is 0. The number of carboxylic acid groups (broad SMARTS) is 1. The molecule has 0 aliphatic rings. The highest BCUT2D eigenvalue weighted by Crippen LogP contribution is 2.15. The maximum Gasteiger partial charge on any atom is 0.355 e. The summed E-state index contributed by atoms with van der Waals surface area (Å²) in [6.07, 6.45) is 0. The molecule has 0 aliphatic carbocycles. The molecule has 0 atom stereocenters. The van der Waals surface area contributed by atoms with Crippen LogP contribution in [0.1, 0.15) is 26.2 Å². The lowest BCUT2D eigenvalue weighted by Gasteiger charge is -2.02. The van der Waals surface area contributed by atoms with Crippen molar-refractivity contribution in [3.8, 4) is 0 Å². The number of amides is 1. The lowest BCUT2D eigenvalue weighted by Crippen LogP contribution is -2.24. The van der Waals surface area contributed by atoms with Crippen molar-refractivity contribution in [3.05, 3.63) is 32.2 Å². The summed E-state index contributed by atoms with van der Waals surface area (Å²) in [5.41, 5.74) is 0.999. The van der Waals surface area contributed by atoms with Crippen LogP contribution < -0.4 is 5.32 Å². The number of nitrogens with one attached hydrogen (secondary N) is 1. The molecule has 2 aromatic heterocycles. The maximum absolute atomic E-state index is 11.7. The number of hydrogen-bond donors (Lipinski definition) is 2. The molecule has 2 rings (SSSR count). The summed E-state index contributed by atoms with van der Waals surface area (Å²) in [5, 5.41) is 16.5. The van der Waals surface area contributed by atoms with E-state index in [9.17, 15) is 9.59 Å². The predicted octanol–water partition coefficient (Wildman–Crippen LogP) is 2.16. The van der Waals surface area contributed by atoms with Crippen molar-refractivity contribution >= 4 is 46.3 Å². The molecule has 0 aliphatic heterocycles. The van der Waals surface area contributed by atoms with Crippen molar-refractivity contribution in [2.45, 2.75) is 19.2 Å². The molecule has 0 bridgehead atoms. The second-order valence-electron chi connectivity index (χ2n) is 4.06. The zero-order valence-corrected chi connectivity index (χ0v) is 13.6. The van der Waals surface area contributed by atoms with E-state index in [4.69, 9.17) is 5.11 Å². The van der Waals surface area contributed by atoms with Crippen LogP contribution in [0.2, 0.25) is 0 Å². The second-order valence-corrected chi connectivity index (χ2v) is 7.05. The molecule has 112 valence electrons. The molecule has 2 heterocycles. The van der Waals surface area contributed by atoms with Gasteiger partial charge in [-0.15, -0.1) is 34.4 Å². The number of thiazole rings is 2. The molecule has 21 heavy (non-hydrogen) atoms. The number of thioether (sulfide) groups is 1. The number of nitrogens with zero attached hydrogens (tertiary/aromatic N) is 2. The van der Waals surface area contributed by atoms with Gasteiger partial charge in [-0.2, -0.15) is 0 Å². The Balaban J connectivity index is 1.68. The molecule has 0 saturated heterocycles. The average Bonchev–Trinajstić information content (AvgIpc) is 3.05. The molecule has 2 N–H and O–H groups in total. The Bertz CT molecular complexity index is 638.